The molecule has 3 aliphatic heterocycles. The maximum atomic E-state index is 10.8. The van der Waals surface area contributed by atoms with Crippen LogP contribution in [0.3, 0.4) is 0 Å². The summed E-state index contributed by atoms with van der Waals surface area (Å²) in [6.45, 7) is 0. The van der Waals surface area contributed by atoms with Gasteiger partial charge in [0.2, 0.25) is 0 Å². The summed E-state index contributed by atoms with van der Waals surface area (Å²) in [4.78, 5) is 0. The zero-order valence-corrected chi connectivity index (χ0v) is 11.9. The summed E-state index contributed by atoms with van der Waals surface area (Å²) in [7, 11) is -2.86. The third-order valence-corrected chi connectivity index (χ3v) is 10.7. The molecule has 0 aromatic rings. The number of rotatable bonds is 0. The van der Waals surface area contributed by atoms with Crippen LogP contribution in [0.2, 0.25) is 0 Å². The van der Waals surface area contributed by atoms with E-state index in [1.807, 2.05) is 0 Å². The van der Waals surface area contributed by atoms with Gasteiger partial charge in [-0.3, -0.25) is 0 Å². The Morgan fingerprint density at radius 3 is 1.16 bits per heavy atom. The summed E-state index contributed by atoms with van der Waals surface area (Å²) in [6, 6.07) is 0. The Bertz CT molecular complexity index is 337. The van der Waals surface area contributed by atoms with Crippen LogP contribution in [0.1, 0.15) is 38.5 Å². The van der Waals surface area contributed by atoms with E-state index in [0.29, 0.717) is 0 Å². The highest BCUT2D eigenvalue weighted by Gasteiger charge is 2.72. The van der Waals surface area contributed by atoms with Crippen LogP contribution in [0, 0.1) is 0 Å². The third kappa shape index (κ3) is 1.58. The SMILES string of the molecule is O[C@H]1CC[C@]2(O)[C@@H](O)CC[C@]3(O)[C@@H](O)CC[C@@]1(O)[SiH]23. The number of hydrogen-bond donors (Lipinski definition) is 6. The predicted octanol–water partition coefficient (Wildman–Crippen LogP) is -2.51. The molecule has 0 unspecified atom stereocenters. The molecule has 3 fully saturated rings. The van der Waals surface area contributed by atoms with Crippen LogP contribution in [-0.2, 0) is 0 Å². The van der Waals surface area contributed by atoms with Gasteiger partial charge in [0.1, 0.15) is 0 Å². The minimum atomic E-state index is -2.86. The van der Waals surface area contributed by atoms with Crippen molar-refractivity contribution in [2.75, 3.05) is 0 Å². The van der Waals surface area contributed by atoms with E-state index in [-0.39, 0.29) is 38.5 Å². The minimum absolute atomic E-state index is 0.170. The average Bonchev–Trinajstić information content (AvgIpc) is 2.36. The van der Waals surface area contributed by atoms with E-state index in [9.17, 15) is 30.6 Å². The number of aliphatic hydroxyl groups excluding tert-OH is 3. The standard InChI is InChI=1S/C12H22O6Si/c13-7-1-4-10(16)8(14)3-6-12(18)9(15)2-5-11(7,17)19(10)12/h7-9,13-19H,1-6H2/t7-,8-,9-,10+,11+,12+,19?/m0/s1. The average molecular weight is 290 g/mol. The summed E-state index contributed by atoms with van der Waals surface area (Å²) in [5, 5.41) is 58.2. The van der Waals surface area contributed by atoms with Crippen molar-refractivity contribution in [1.29, 1.82) is 0 Å². The molecule has 0 spiro atoms. The van der Waals surface area contributed by atoms with Crippen LogP contribution in [0.4, 0.5) is 0 Å². The predicted molar refractivity (Wildman–Crippen MR) is 67.7 cm³/mol. The van der Waals surface area contributed by atoms with Gasteiger partial charge in [0.05, 0.1) is 34.0 Å². The molecule has 0 aromatic carbocycles. The van der Waals surface area contributed by atoms with Crippen molar-refractivity contribution in [3.8, 4) is 0 Å². The zero-order valence-electron chi connectivity index (χ0n) is 10.7. The molecule has 0 saturated carbocycles. The Labute approximate surface area is 112 Å². The Kier molecular flexibility index (Phi) is 2.94. The molecular weight excluding hydrogens is 268 g/mol. The van der Waals surface area contributed by atoms with Crippen molar-refractivity contribution in [3.63, 3.8) is 0 Å². The lowest BCUT2D eigenvalue weighted by Crippen LogP contribution is -2.85. The van der Waals surface area contributed by atoms with Gasteiger partial charge in [-0.15, -0.1) is 0 Å². The van der Waals surface area contributed by atoms with Crippen molar-refractivity contribution in [1.82, 2.24) is 0 Å². The first-order valence-electron chi connectivity index (χ1n) is 6.96. The molecule has 3 saturated heterocycles. The van der Waals surface area contributed by atoms with Crippen molar-refractivity contribution in [3.05, 3.63) is 0 Å². The second kappa shape index (κ2) is 4.00. The van der Waals surface area contributed by atoms with E-state index in [1.165, 1.54) is 0 Å². The van der Waals surface area contributed by atoms with Crippen LogP contribution in [0.15, 0.2) is 0 Å². The Morgan fingerprint density at radius 2 is 0.895 bits per heavy atom. The van der Waals surface area contributed by atoms with Gasteiger partial charge in [-0.1, -0.05) is 0 Å². The van der Waals surface area contributed by atoms with Gasteiger partial charge < -0.3 is 30.6 Å². The van der Waals surface area contributed by atoms with Gasteiger partial charge in [-0.05, 0) is 38.5 Å². The van der Waals surface area contributed by atoms with E-state index in [2.05, 4.69) is 0 Å². The fraction of sp³-hybridized carbons (Fsp3) is 1.00. The lowest BCUT2D eigenvalue weighted by Gasteiger charge is -2.63. The summed E-state index contributed by atoms with van der Waals surface area (Å²) < 4.78 is 0. The second-order valence-corrected chi connectivity index (χ2v) is 10.4. The largest absolute Gasteiger partial charge is 0.391 e. The number of aliphatic hydroxyl groups is 6. The van der Waals surface area contributed by atoms with E-state index in [4.69, 9.17) is 0 Å². The van der Waals surface area contributed by atoms with Crippen molar-refractivity contribution < 1.29 is 30.6 Å². The van der Waals surface area contributed by atoms with E-state index < -0.39 is 42.8 Å². The maximum absolute atomic E-state index is 10.8. The fourth-order valence-corrected chi connectivity index (χ4v) is 10.3. The molecule has 0 amide bonds. The highest BCUT2D eigenvalue weighted by molar-refractivity contribution is 6.69. The normalized spacial score (nSPS) is 61.6. The molecule has 0 aromatic heterocycles. The first-order valence-corrected chi connectivity index (χ1v) is 8.69. The highest BCUT2D eigenvalue weighted by atomic mass is 28.3. The Hall–Kier alpha value is -0.0231. The van der Waals surface area contributed by atoms with Gasteiger partial charge in [-0.25, -0.2) is 0 Å². The molecule has 7 heteroatoms. The van der Waals surface area contributed by atoms with Crippen LogP contribution < -0.4 is 0 Å². The number of hydrogen-bond acceptors (Lipinski definition) is 6. The van der Waals surface area contributed by atoms with Crippen LogP contribution in [0.5, 0.6) is 0 Å². The minimum Gasteiger partial charge on any atom is -0.391 e. The quantitative estimate of drug-likeness (QED) is 0.274. The van der Waals surface area contributed by atoms with Gasteiger partial charge in [0, 0.05) is 0 Å². The van der Waals surface area contributed by atoms with E-state index in [1.54, 1.807) is 0 Å². The van der Waals surface area contributed by atoms with Gasteiger partial charge in [0.15, 0.2) is 8.80 Å². The lowest BCUT2D eigenvalue weighted by atomic mass is 9.88. The molecule has 0 aliphatic carbocycles. The Morgan fingerprint density at radius 1 is 0.632 bits per heavy atom. The van der Waals surface area contributed by atoms with Crippen molar-refractivity contribution >= 4 is 8.80 Å². The summed E-state index contributed by atoms with van der Waals surface area (Å²) in [5.74, 6) is 0. The smallest absolute Gasteiger partial charge is 0.158 e. The first-order chi connectivity index (χ1) is 8.75. The van der Waals surface area contributed by atoms with Gasteiger partial charge >= 0.3 is 0 Å². The molecular formula is C12H22O6Si. The third-order valence-electron chi connectivity index (χ3n) is 5.69. The first kappa shape index (κ1) is 13.9. The van der Waals surface area contributed by atoms with Crippen LogP contribution >= 0.6 is 0 Å². The lowest BCUT2D eigenvalue weighted by molar-refractivity contribution is -0.162. The monoisotopic (exact) mass is 290 g/mol. The van der Waals surface area contributed by atoms with Crippen molar-refractivity contribution in [2.45, 2.75) is 72.5 Å². The fourth-order valence-electron chi connectivity index (χ4n) is 4.66. The summed E-state index contributed by atoms with van der Waals surface area (Å²) in [6.07, 6.45) is -1.84. The molecule has 19 heavy (non-hydrogen) atoms. The summed E-state index contributed by atoms with van der Waals surface area (Å²) in [5.41, 5.74) is 0. The molecule has 3 aliphatic rings. The van der Waals surface area contributed by atoms with Crippen LogP contribution in [0.25, 0.3) is 0 Å². The molecule has 3 rings (SSSR count). The van der Waals surface area contributed by atoms with E-state index >= 15 is 0 Å². The molecule has 0 bridgehead atoms. The highest BCUT2D eigenvalue weighted by Crippen LogP contribution is 2.52. The van der Waals surface area contributed by atoms with Crippen LogP contribution in [-0.4, -0.2) is 73.4 Å². The molecule has 6 nitrogen and oxygen atoms in total. The summed E-state index contributed by atoms with van der Waals surface area (Å²) >= 11 is 0. The topological polar surface area (TPSA) is 121 Å². The molecule has 6 N–H and O–H groups in total. The Balaban J connectivity index is 2.12. The molecule has 3 heterocycles. The molecule has 110 valence electrons. The maximum Gasteiger partial charge on any atom is 0.158 e. The molecule has 0 radical (unpaired) electrons. The second-order valence-electron chi connectivity index (χ2n) is 6.57. The van der Waals surface area contributed by atoms with Crippen molar-refractivity contribution in [2.24, 2.45) is 0 Å². The molecule has 6 atom stereocenters. The van der Waals surface area contributed by atoms with E-state index in [0.717, 1.165) is 0 Å². The zero-order chi connectivity index (χ0) is 14.1. The van der Waals surface area contributed by atoms with Gasteiger partial charge in [0.25, 0.3) is 0 Å². The van der Waals surface area contributed by atoms with Gasteiger partial charge in [-0.2, -0.15) is 0 Å².